The van der Waals surface area contributed by atoms with Gasteiger partial charge >= 0.3 is 0 Å². The zero-order valence-electron chi connectivity index (χ0n) is 15.1. The van der Waals surface area contributed by atoms with Crippen LogP contribution in [-0.4, -0.2) is 30.9 Å². The molecule has 0 aliphatic carbocycles. The van der Waals surface area contributed by atoms with Crippen LogP contribution >= 0.6 is 23.4 Å². The summed E-state index contributed by atoms with van der Waals surface area (Å²) in [5.74, 6) is 1.79. The van der Waals surface area contributed by atoms with E-state index in [1.165, 1.54) is 11.8 Å². The topological polar surface area (TPSA) is 65.8 Å². The zero-order chi connectivity index (χ0) is 19.5. The minimum absolute atomic E-state index is 0.0399. The number of thioether (sulfide) groups is 1. The molecule has 0 unspecified atom stereocenters. The monoisotopic (exact) mass is 412 g/mol. The quantitative estimate of drug-likeness (QED) is 0.329. The van der Waals surface area contributed by atoms with Crippen molar-refractivity contribution in [1.29, 1.82) is 0 Å². The molecular weight excluding hydrogens is 396 g/mol. The second kappa shape index (κ2) is 8.08. The van der Waals surface area contributed by atoms with Gasteiger partial charge in [-0.2, -0.15) is 0 Å². The van der Waals surface area contributed by atoms with Gasteiger partial charge in [-0.25, -0.2) is 0 Å². The molecule has 0 radical (unpaired) electrons. The first kappa shape index (κ1) is 18.6. The minimum Gasteiger partial charge on any atom is -0.467 e. The van der Waals surface area contributed by atoms with E-state index >= 15 is 0 Å². The number of aromatic nitrogens is 4. The van der Waals surface area contributed by atoms with E-state index in [0.29, 0.717) is 28.2 Å². The Bertz CT molecular complexity index is 1080. The highest BCUT2D eigenvalue weighted by Gasteiger charge is 2.18. The van der Waals surface area contributed by atoms with Crippen molar-refractivity contribution >= 4 is 29.1 Å². The molecule has 4 rings (SSSR count). The standard InChI is InChI=1S/C20H17ClN4O2S/c1-24-10-2-5-17(24)18(26)13-28-20-23-22-19(14-6-8-15(21)9-7-14)25(20)12-16-4-3-11-27-16/h2-11H,12-13H2,1H3. The Morgan fingerprint density at radius 2 is 1.96 bits per heavy atom. The van der Waals surface area contributed by atoms with Crippen LogP contribution < -0.4 is 0 Å². The van der Waals surface area contributed by atoms with Crippen LogP contribution in [-0.2, 0) is 13.6 Å². The van der Waals surface area contributed by atoms with Crippen LogP contribution in [0.2, 0.25) is 5.02 Å². The molecule has 0 spiro atoms. The summed E-state index contributed by atoms with van der Waals surface area (Å²) in [6.07, 6.45) is 3.49. The highest BCUT2D eigenvalue weighted by Crippen LogP contribution is 2.27. The second-order valence-electron chi connectivity index (χ2n) is 6.19. The van der Waals surface area contributed by atoms with E-state index in [2.05, 4.69) is 10.2 Å². The van der Waals surface area contributed by atoms with Crippen LogP contribution in [0.3, 0.4) is 0 Å². The summed E-state index contributed by atoms with van der Waals surface area (Å²) in [5.41, 5.74) is 1.56. The Labute approximate surface area is 171 Å². The third-order valence-electron chi connectivity index (χ3n) is 4.28. The van der Waals surface area contributed by atoms with E-state index in [4.69, 9.17) is 16.0 Å². The molecule has 1 aromatic carbocycles. The SMILES string of the molecule is Cn1cccc1C(=O)CSc1nnc(-c2ccc(Cl)cc2)n1Cc1ccco1. The number of Topliss-reactive ketones (excluding diaryl/α,β-unsaturated/α-hetero) is 1. The van der Waals surface area contributed by atoms with Gasteiger partial charge in [0.15, 0.2) is 16.8 Å². The number of rotatable bonds is 7. The number of furan rings is 1. The number of benzene rings is 1. The van der Waals surface area contributed by atoms with E-state index in [0.717, 1.165) is 11.3 Å². The molecule has 8 heteroatoms. The Morgan fingerprint density at radius 3 is 2.64 bits per heavy atom. The summed E-state index contributed by atoms with van der Waals surface area (Å²) < 4.78 is 9.26. The molecule has 3 heterocycles. The lowest BCUT2D eigenvalue weighted by atomic mass is 10.2. The molecule has 6 nitrogen and oxygen atoms in total. The molecule has 3 aromatic heterocycles. The predicted molar refractivity (Wildman–Crippen MR) is 109 cm³/mol. The number of carbonyl (C=O) groups is 1. The van der Waals surface area contributed by atoms with Gasteiger partial charge in [-0.15, -0.1) is 10.2 Å². The lowest BCUT2D eigenvalue weighted by molar-refractivity contribution is 0.101. The van der Waals surface area contributed by atoms with Crippen molar-refractivity contribution in [1.82, 2.24) is 19.3 Å². The summed E-state index contributed by atoms with van der Waals surface area (Å²) in [6.45, 7) is 0.471. The third kappa shape index (κ3) is 3.90. The molecule has 0 bridgehead atoms. The number of halogens is 1. The minimum atomic E-state index is 0.0399. The molecule has 0 aliphatic rings. The third-order valence-corrected chi connectivity index (χ3v) is 5.49. The van der Waals surface area contributed by atoms with Gasteiger partial charge in [0.05, 0.1) is 24.3 Å². The molecule has 0 fully saturated rings. The normalized spacial score (nSPS) is 11.1. The van der Waals surface area contributed by atoms with Crippen molar-refractivity contribution in [2.75, 3.05) is 5.75 Å². The molecule has 0 saturated carbocycles. The summed E-state index contributed by atoms with van der Waals surface area (Å²) in [4.78, 5) is 12.5. The van der Waals surface area contributed by atoms with Crippen molar-refractivity contribution in [2.24, 2.45) is 7.05 Å². The fourth-order valence-electron chi connectivity index (χ4n) is 2.86. The first-order valence-electron chi connectivity index (χ1n) is 8.60. The number of aryl methyl sites for hydroxylation is 1. The average molecular weight is 413 g/mol. The summed E-state index contributed by atoms with van der Waals surface area (Å²) in [7, 11) is 1.86. The van der Waals surface area contributed by atoms with E-state index in [9.17, 15) is 4.79 Å². The Morgan fingerprint density at radius 1 is 1.14 bits per heavy atom. The summed E-state index contributed by atoms with van der Waals surface area (Å²) in [6, 6.07) is 14.8. The van der Waals surface area contributed by atoms with E-state index in [-0.39, 0.29) is 11.5 Å². The summed E-state index contributed by atoms with van der Waals surface area (Å²) >= 11 is 7.37. The predicted octanol–water partition coefficient (Wildman–Crippen LogP) is 4.55. The maximum Gasteiger partial charge on any atom is 0.192 e. The van der Waals surface area contributed by atoms with Crippen LogP contribution in [0.25, 0.3) is 11.4 Å². The summed E-state index contributed by atoms with van der Waals surface area (Å²) in [5, 5.41) is 9.97. The van der Waals surface area contributed by atoms with E-state index in [1.54, 1.807) is 6.26 Å². The molecule has 0 N–H and O–H groups in total. The number of hydrogen-bond donors (Lipinski definition) is 0. The van der Waals surface area contributed by atoms with E-state index in [1.807, 2.05) is 70.9 Å². The molecule has 0 atom stereocenters. The van der Waals surface area contributed by atoms with Gasteiger partial charge in [0.25, 0.3) is 0 Å². The van der Waals surface area contributed by atoms with Crippen molar-refractivity contribution in [3.63, 3.8) is 0 Å². The maximum atomic E-state index is 12.5. The van der Waals surface area contributed by atoms with Gasteiger partial charge in [0.1, 0.15) is 5.76 Å². The smallest absolute Gasteiger partial charge is 0.192 e. The average Bonchev–Trinajstić information content (AvgIpc) is 3.43. The molecule has 0 aliphatic heterocycles. The van der Waals surface area contributed by atoms with Crippen molar-refractivity contribution in [3.8, 4) is 11.4 Å². The second-order valence-corrected chi connectivity index (χ2v) is 7.57. The zero-order valence-corrected chi connectivity index (χ0v) is 16.7. The highest BCUT2D eigenvalue weighted by atomic mass is 35.5. The Balaban J connectivity index is 1.62. The fraction of sp³-hybridized carbons (Fsp3) is 0.150. The first-order valence-corrected chi connectivity index (χ1v) is 9.97. The molecule has 0 saturated heterocycles. The molecular formula is C20H17ClN4O2S. The largest absolute Gasteiger partial charge is 0.467 e. The molecule has 4 aromatic rings. The van der Waals surface area contributed by atoms with Crippen molar-refractivity contribution < 1.29 is 9.21 Å². The lowest BCUT2D eigenvalue weighted by Crippen LogP contribution is -2.09. The molecule has 142 valence electrons. The molecule has 28 heavy (non-hydrogen) atoms. The number of nitrogens with zero attached hydrogens (tertiary/aromatic N) is 4. The van der Waals surface area contributed by atoms with Crippen molar-refractivity contribution in [2.45, 2.75) is 11.7 Å². The maximum absolute atomic E-state index is 12.5. The lowest BCUT2D eigenvalue weighted by Gasteiger charge is -2.09. The Hall–Kier alpha value is -2.77. The van der Waals surface area contributed by atoms with Crippen LogP contribution in [0, 0.1) is 0 Å². The van der Waals surface area contributed by atoms with Gasteiger partial charge in [-0.3, -0.25) is 9.36 Å². The first-order chi connectivity index (χ1) is 13.6. The van der Waals surface area contributed by atoms with Gasteiger partial charge in [-0.05, 0) is 48.5 Å². The highest BCUT2D eigenvalue weighted by molar-refractivity contribution is 7.99. The number of hydrogen-bond acceptors (Lipinski definition) is 5. The van der Waals surface area contributed by atoms with Crippen LogP contribution in [0.1, 0.15) is 16.2 Å². The van der Waals surface area contributed by atoms with Crippen LogP contribution in [0.5, 0.6) is 0 Å². The van der Waals surface area contributed by atoms with Gasteiger partial charge in [0, 0.05) is 23.8 Å². The molecule has 0 amide bonds. The number of ketones is 1. The van der Waals surface area contributed by atoms with E-state index < -0.39 is 0 Å². The van der Waals surface area contributed by atoms with Gasteiger partial charge < -0.3 is 8.98 Å². The van der Waals surface area contributed by atoms with Crippen molar-refractivity contribution in [3.05, 3.63) is 77.5 Å². The fourth-order valence-corrected chi connectivity index (χ4v) is 3.80. The number of carbonyl (C=O) groups excluding carboxylic acids is 1. The van der Waals surface area contributed by atoms with Crippen LogP contribution in [0.4, 0.5) is 0 Å². The van der Waals surface area contributed by atoms with Gasteiger partial charge in [-0.1, -0.05) is 23.4 Å². The van der Waals surface area contributed by atoms with Crippen LogP contribution in [0.15, 0.2) is 70.6 Å². The Kier molecular flexibility index (Phi) is 5.36. The van der Waals surface area contributed by atoms with Gasteiger partial charge in [0.2, 0.25) is 0 Å².